The number of hydrogen-bond acceptors (Lipinski definition) is 2. The number of ether oxygens (including phenoxy) is 1. The van der Waals surface area contributed by atoms with E-state index >= 15 is 0 Å². The summed E-state index contributed by atoms with van der Waals surface area (Å²) in [5.41, 5.74) is 0.446. The molecule has 1 atom stereocenters. The Kier molecular flexibility index (Phi) is 10.9. The van der Waals surface area contributed by atoms with Crippen LogP contribution in [0.25, 0.3) is 0 Å². The summed E-state index contributed by atoms with van der Waals surface area (Å²) >= 11 is 6.94. The smallest absolute Gasteiger partial charge is 0.333 e. The van der Waals surface area contributed by atoms with Gasteiger partial charge in [0.15, 0.2) is 0 Å². The Bertz CT molecular complexity index is 304. The third-order valence-electron chi connectivity index (χ3n) is 3.89. The van der Waals surface area contributed by atoms with Gasteiger partial charge in [-0.2, -0.15) is 0 Å². The van der Waals surface area contributed by atoms with Crippen LogP contribution in [0.4, 0.5) is 0 Å². The predicted molar refractivity (Wildman–Crippen MR) is 91.9 cm³/mol. The maximum absolute atomic E-state index is 11.9. The zero-order valence-corrected chi connectivity index (χ0v) is 15.1. The molecule has 0 aromatic carbocycles. The largest absolute Gasteiger partial charge is 0.457 e. The number of carbonyl (C=O) groups is 1. The topological polar surface area (TPSA) is 26.3 Å². The second-order valence-corrected chi connectivity index (χ2v) is 6.81. The van der Waals surface area contributed by atoms with Crippen molar-refractivity contribution in [2.24, 2.45) is 0 Å². The summed E-state index contributed by atoms with van der Waals surface area (Å²) in [6.07, 6.45) is 8.90. The zero-order valence-electron chi connectivity index (χ0n) is 14.3. The minimum atomic E-state index is -0.424. The first-order chi connectivity index (χ1) is 9.91. The first-order valence-corrected chi connectivity index (χ1v) is 8.84. The number of halogens is 1. The van der Waals surface area contributed by atoms with E-state index in [0.717, 1.165) is 57.8 Å². The Balaban J connectivity index is 5.03. The molecule has 0 aromatic heterocycles. The first kappa shape index (κ1) is 20.5. The Labute approximate surface area is 136 Å². The summed E-state index contributed by atoms with van der Waals surface area (Å²) in [7, 11) is 0. The van der Waals surface area contributed by atoms with Gasteiger partial charge in [-0.1, -0.05) is 59.5 Å². The van der Waals surface area contributed by atoms with E-state index in [-0.39, 0.29) is 12.1 Å². The van der Waals surface area contributed by atoms with Crippen molar-refractivity contribution in [3.63, 3.8) is 0 Å². The van der Waals surface area contributed by atoms with E-state index in [1.165, 1.54) is 0 Å². The van der Waals surface area contributed by atoms with Crippen LogP contribution in [0.2, 0.25) is 0 Å². The molecule has 3 heteroatoms. The van der Waals surface area contributed by atoms with Crippen molar-refractivity contribution >= 4 is 17.6 Å². The number of esters is 1. The summed E-state index contributed by atoms with van der Waals surface area (Å²) in [5, 5.41) is 0. The molecule has 0 amide bonds. The maximum atomic E-state index is 11.9. The zero-order chi connectivity index (χ0) is 16.3. The van der Waals surface area contributed by atoms with E-state index < -0.39 is 4.87 Å². The second kappa shape index (κ2) is 11.1. The van der Waals surface area contributed by atoms with Gasteiger partial charge in [0, 0.05) is 5.57 Å². The summed E-state index contributed by atoms with van der Waals surface area (Å²) < 4.78 is 5.70. The number of unbranched alkanes of at least 4 members (excludes halogenated alkanes) is 3. The minimum absolute atomic E-state index is 0.207. The number of carbonyl (C=O) groups excluding carboxylic acids is 1. The molecule has 0 aromatic rings. The van der Waals surface area contributed by atoms with Gasteiger partial charge in [0.25, 0.3) is 0 Å². The molecule has 0 N–H and O–H groups in total. The lowest BCUT2D eigenvalue weighted by atomic mass is 9.87. The van der Waals surface area contributed by atoms with Gasteiger partial charge in [-0.25, -0.2) is 4.79 Å². The third-order valence-corrected chi connectivity index (χ3v) is 4.51. The maximum Gasteiger partial charge on any atom is 0.333 e. The van der Waals surface area contributed by atoms with Gasteiger partial charge in [-0.15, -0.1) is 11.6 Å². The van der Waals surface area contributed by atoms with Crippen molar-refractivity contribution < 1.29 is 9.53 Å². The highest BCUT2D eigenvalue weighted by molar-refractivity contribution is 6.24. The number of hydrogen-bond donors (Lipinski definition) is 0. The molecule has 0 aliphatic heterocycles. The van der Waals surface area contributed by atoms with Crippen LogP contribution in [0.15, 0.2) is 12.2 Å². The SMILES string of the molecule is C=C(C)C(=O)OC(CCCC)C(Cl)(CCCC)CCCC. The molecule has 21 heavy (non-hydrogen) atoms. The van der Waals surface area contributed by atoms with Crippen LogP contribution in [0, 0.1) is 0 Å². The van der Waals surface area contributed by atoms with Crippen LogP contribution in [0.5, 0.6) is 0 Å². The monoisotopic (exact) mass is 316 g/mol. The van der Waals surface area contributed by atoms with Gasteiger partial charge in [0.05, 0.1) is 4.87 Å². The van der Waals surface area contributed by atoms with Crippen LogP contribution >= 0.6 is 11.6 Å². The molecule has 0 bridgehead atoms. The number of rotatable bonds is 12. The highest BCUT2D eigenvalue weighted by atomic mass is 35.5. The van der Waals surface area contributed by atoms with Crippen molar-refractivity contribution in [1.29, 1.82) is 0 Å². The molecule has 124 valence electrons. The standard InChI is InChI=1S/C18H33ClO2/c1-6-9-12-16(21-17(20)15(4)5)18(19,13-10-7-2)14-11-8-3/h16H,4,6-14H2,1-3,5H3. The molecule has 2 nitrogen and oxygen atoms in total. The van der Waals surface area contributed by atoms with Crippen molar-refractivity contribution in [3.05, 3.63) is 12.2 Å². The van der Waals surface area contributed by atoms with Gasteiger partial charge in [0.1, 0.15) is 6.10 Å². The molecule has 0 aliphatic carbocycles. The van der Waals surface area contributed by atoms with Crippen molar-refractivity contribution in [2.75, 3.05) is 0 Å². The fourth-order valence-electron chi connectivity index (χ4n) is 2.43. The molecule has 0 radical (unpaired) electrons. The quantitative estimate of drug-likeness (QED) is 0.250. The van der Waals surface area contributed by atoms with E-state index in [9.17, 15) is 4.79 Å². The lowest BCUT2D eigenvalue weighted by molar-refractivity contribution is -0.147. The molecule has 0 heterocycles. The summed E-state index contributed by atoms with van der Waals surface area (Å²) in [5.74, 6) is -0.311. The molecule has 0 spiro atoms. The Hall–Kier alpha value is -0.500. The average Bonchev–Trinajstić information content (AvgIpc) is 2.46. The molecular formula is C18H33ClO2. The Morgan fingerprint density at radius 3 is 1.95 bits per heavy atom. The predicted octanol–water partition coefficient (Wildman–Crippen LogP) is 6.02. The Morgan fingerprint density at radius 1 is 1.10 bits per heavy atom. The third kappa shape index (κ3) is 7.90. The highest BCUT2D eigenvalue weighted by Crippen LogP contribution is 2.37. The normalized spacial score (nSPS) is 13.0. The average molecular weight is 317 g/mol. The molecule has 0 saturated carbocycles. The van der Waals surface area contributed by atoms with Crippen LogP contribution < -0.4 is 0 Å². The minimum Gasteiger partial charge on any atom is -0.457 e. The number of alkyl halides is 1. The van der Waals surface area contributed by atoms with Crippen molar-refractivity contribution in [2.45, 2.75) is 96.5 Å². The van der Waals surface area contributed by atoms with Gasteiger partial charge < -0.3 is 4.74 Å². The fraction of sp³-hybridized carbons (Fsp3) is 0.833. The molecule has 0 fully saturated rings. The lowest BCUT2D eigenvalue weighted by Gasteiger charge is -2.35. The lowest BCUT2D eigenvalue weighted by Crippen LogP contribution is -2.40. The molecule has 1 unspecified atom stereocenters. The van der Waals surface area contributed by atoms with E-state index in [4.69, 9.17) is 16.3 Å². The van der Waals surface area contributed by atoms with Crippen LogP contribution in [0.1, 0.15) is 85.5 Å². The first-order valence-electron chi connectivity index (χ1n) is 8.46. The van der Waals surface area contributed by atoms with Gasteiger partial charge in [0.2, 0.25) is 0 Å². The highest BCUT2D eigenvalue weighted by Gasteiger charge is 2.38. The van der Waals surface area contributed by atoms with E-state index in [0.29, 0.717) is 5.57 Å². The molecular weight excluding hydrogens is 284 g/mol. The van der Waals surface area contributed by atoms with E-state index in [2.05, 4.69) is 27.4 Å². The van der Waals surface area contributed by atoms with Crippen LogP contribution in [-0.4, -0.2) is 16.9 Å². The van der Waals surface area contributed by atoms with Crippen molar-refractivity contribution in [1.82, 2.24) is 0 Å². The van der Waals surface area contributed by atoms with E-state index in [1.54, 1.807) is 6.92 Å². The van der Waals surface area contributed by atoms with Crippen LogP contribution in [-0.2, 0) is 9.53 Å². The molecule has 0 rings (SSSR count). The van der Waals surface area contributed by atoms with Gasteiger partial charge >= 0.3 is 5.97 Å². The molecule has 0 saturated heterocycles. The molecule has 0 aliphatic rings. The van der Waals surface area contributed by atoms with Crippen molar-refractivity contribution in [3.8, 4) is 0 Å². The van der Waals surface area contributed by atoms with E-state index in [1.807, 2.05) is 0 Å². The second-order valence-electron chi connectivity index (χ2n) is 6.06. The summed E-state index contributed by atoms with van der Waals surface area (Å²) in [6.45, 7) is 11.8. The summed E-state index contributed by atoms with van der Waals surface area (Å²) in [6, 6.07) is 0. The van der Waals surface area contributed by atoms with Gasteiger partial charge in [-0.3, -0.25) is 0 Å². The van der Waals surface area contributed by atoms with Gasteiger partial charge in [-0.05, 0) is 32.6 Å². The summed E-state index contributed by atoms with van der Waals surface area (Å²) in [4.78, 5) is 11.5. The fourth-order valence-corrected chi connectivity index (χ4v) is 2.85. The Morgan fingerprint density at radius 2 is 1.57 bits per heavy atom. The van der Waals surface area contributed by atoms with Crippen LogP contribution in [0.3, 0.4) is 0 Å².